The summed E-state index contributed by atoms with van der Waals surface area (Å²) in [6.45, 7) is 0.0134. The summed E-state index contributed by atoms with van der Waals surface area (Å²) in [7, 11) is -4.30. The molecule has 0 aliphatic carbocycles. The predicted octanol–water partition coefficient (Wildman–Crippen LogP) is 1.87. The molecule has 2 bridgehead atoms. The number of rotatable bonds is 3. The number of aliphatic hydroxyl groups is 1. The van der Waals surface area contributed by atoms with Crippen LogP contribution in [0.1, 0.15) is 18.4 Å². The smallest absolute Gasteiger partial charge is 0.396 e. The Hall–Kier alpha value is -1.16. The third-order valence-corrected chi connectivity index (χ3v) is 7.64. The van der Waals surface area contributed by atoms with E-state index in [-0.39, 0.29) is 37.6 Å². The van der Waals surface area contributed by atoms with E-state index in [0.717, 1.165) is 22.9 Å². The summed E-state index contributed by atoms with van der Waals surface area (Å²) in [5.74, 6) is -0.337. The van der Waals surface area contributed by atoms with E-state index in [9.17, 15) is 26.7 Å². The highest BCUT2D eigenvalue weighted by molar-refractivity contribution is 7.89. The number of aliphatic hydroxyl groups excluding tert-OH is 1. The van der Waals surface area contributed by atoms with Crippen LogP contribution >= 0.6 is 0 Å². The maximum absolute atomic E-state index is 13.2. The molecule has 0 saturated carbocycles. The molecule has 3 heterocycles. The van der Waals surface area contributed by atoms with Crippen molar-refractivity contribution in [3.8, 4) is 0 Å². The van der Waals surface area contributed by atoms with Crippen LogP contribution in [0.5, 0.6) is 0 Å². The molecule has 3 aliphatic rings. The fourth-order valence-corrected chi connectivity index (χ4v) is 6.38. The Morgan fingerprint density at radius 3 is 2.72 bits per heavy atom. The van der Waals surface area contributed by atoms with Crippen molar-refractivity contribution >= 4 is 10.0 Å². The SMILES string of the molecule is O=S(=O)(c1ccccc1C(F)(F)F)N1C[C@@H]2[C@H](CO)[C@H]3CC[C@]2(C1)O3. The molecule has 4 atom stereocenters. The van der Waals surface area contributed by atoms with Gasteiger partial charge in [0.25, 0.3) is 0 Å². The Balaban J connectivity index is 1.70. The summed E-state index contributed by atoms with van der Waals surface area (Å²) in [6.07, 6.45) is -3.41. The molecule has 9 heteroatoms. The highest BCUT2D eigenvalue weighted by Crippen LogP contribution is 2.55. The minimum Gasteiger partial charge on any atom is -0.396 e. The van der Waals surface area contributed by atoms with E-state index in [2.05, 4.69) is 0 Å². The third kappa shape index (κ3) is 2.43. The maximum atomic E-state index is 13.2. The summed E-state index contributed by atoms with van der Waals surface area (Å²) < 4.78 is 72.5. The number of nitrogens with zero attached hydrogens (tertiary/aromatic N) is 1. The topological polar surface area (TPSA) is 66.8 Å². The molecule has 1 aromatic carbocycles. The van der Waals surface area contributed by atoms with Gasteiger partial charge in [-0.15, -0.1) is 0 Å². The van der Waals surface area contributed by atoms with Crippen molar-refractivity contribution in [2.45, 2.75) is 35.6 Å². The normalized spacial score (nSPS) is 35.3. The monoisotopic (exact) mass is 377 g/mol. The zero-order chi connectivity index (χ0) is 18.0. The summed E-state index contributed by atoms with van der Waals surface area (Å²) in [5, 5.41) is 9.59. The first-order chi connectivity index (χ1) is 11.7. The van der Waals surface area contributed by atoms with Crippen molar-refractivity contribution < 1.29 is 31.4 Å². The Morgan fingerprint density at radius 1 is 1.32 bits per heavy atom. The van der Waals surface area contributed by atoms with Crippen molar-refractivity contribution in [2.24, 2.45) is 11.8 Å². The molecule has 138 valence electrons. The molecule has 0 radical (unpaired) electrons. The zero-order valence-electron chi connectivity index (χ0n) is 13.2. The average molecular weight is 377 g/mol. The van der Waals surface area contributed by atoms with Crippen molar-refractivity contribution in [3.63, 3.8) is 0 Å². The van der Waals surface area contributed by atoms with Gasteiger partial charge in [-0.3, -0.25) is 0 Å². The van der Waals surface area contributed by atoms with Crippen molar-refractivity contribution in [2.75, 3.05) is 19.7 Å². The van der Waals surface area contributed by atoms with Crippen LogP contribution in [0.2, 0.25) is 0 Å². The molecule has 3 saturated heterocycles. The molecule has 0 amide bonds. The summed E-state index contributed by atoms with van der Waals surface area (Å²) in [6, 6.07) is 4.23. The Labute approximate surface area is 143 Å². The molecule has 1 aromatic rings. The van der Waals surface area contributed by atoms with Crippen LogP contribution in [-0.4, -0.2) is 49.2 Å². The molecule has 3 fully saturated rings. The number of hydrogen-bond acceptors (Lipinski definition) is 4. The number of alkyl halides is 3. The van der Waals surface area contributed by atoms with E-state index in [4.69, 9.17) is 4.74 Å². The quantitative estimate of drug-likeness (QED) is 0.873. The van der Waals surface area contributed by atoms with Crippen LogP contribution < -0.4 is 0 Å². The van der Waals surface area contributed by atoms with E-state index in [1.807, 2.05) is 0 Å². The van der Waals surface area contributed by atoms with Gasteiger partial charge in [-0.2, -0.15) is 17.5 Å². The largest absolute Gasteiger partial charge is 0.417 e. The highest BCUT2D eigenvalue weighted by Gasteiger charge is 2.64. The van der Waals surface area contributed by atoms with Gasteiger partial charge < -0.3 is 9.84 Å². The highest BCUT2D eigenvalue weighted by atomic mass is 32.2. The van der Waals surface area contributed by atoms with E-state index < -0.39 is 32.3 Å². The van der Waals surface area contributed by atoms with E-state index >= 15 is 0 Å². The first-order valence-electron chi connectivity index (χ1n) is 8.14. The summed E-state index contributed by atoms with van der Waals surface area (Å²) in [4.78, 5) is -0.728. The van der Waals surface area contributed by atoms with Gasteiger partial charge in [-0.05, 0) is 25.0 Å². The van der Waals surface area contributed by atoms with Crippen molar-refractivity contribution in [1.29, 1.82) is 0 Å². The lowest BCUT2D eigenvalue weighted by Gasteiger charge is -2.27. The molecule has 0 aromatic heterocycles. The van der Waals surface area contributed by atoms with Gasteiger partial charge in [0.2, 0.25) is 10.0 Å². The minimum absolute atomic E-state index is 0.0409. The predicted molar refractivity (Wildman–Crippen MR) is 81.1 cm³/mol. The molecule has 3 aliphatic heterocycles. The van der Waals surface area contributed by atoms with Gasteiger partial charge in [0, 0.05) is 31.5 Å². The third-order valence-electron chi connectivity index (χ3n) is 5.77. The van der Waals surface area contributed by atoms with Crippen LogP contribution in [-0.2, 0) is 20.9 Å². The van der Waals surface area contributed by atoms with Crippen molar-refractivity contribution in [1.82, 2.24) is 4.31 Å². The van der Waals surface area contributed by atoms with Crippen LogP contribution in [0.25, 0.3) is 0 Å². The summed E-state index contributed by atoms with van der Waals surface area (Å²) >= 11 is 0. The van der Waals surface area contributed by atoms with Crippen molar-refractivity contribution in [3.05, 3.63) is 29.8 Å². The fourth-order valence-electron chi connectivity index (χ4n) is 4.64. The van der Waals surface area contributed by atoms with Gasteiger partial charge in [0.1, 0.15) is 0 Å². The van der Waals surface area contributed by atoms with Gasteiger partial charge in [0.05, 0.1) is 22.2 Å². The minimum atomic E-state index is -4.75. The first kappa shape index (κ1) is 17.3. The number of hydrogen-bond donors (Lipinski definition) is 1. The van der Waals surface area contributed by atoms with Crippen LogP contribution in [0.3, 0.4) is 0 Å². The van der Waals surface area contributed by atoms with Gasteiger partial charge in [-0.1, -0.05) is 12.1 Å². The second-order valence-corrected chi connectivity index (χ2v) is 8.91. The Kier molecular flexibility index (Phi) is 3.74. The number of ether oxygens (including phenoxy) is 1. The molecule has 1 spiro atoms. The standard InChI is InChI=1S/C16H18F3NO4S/c17-16(18,19)11-3-1-2-4-14(11)25(22,23)20-7-12-10(8-21)13-5-6-15(12,9-20)24-13/h1-4,10,12-13,21H,5-9H2/t10-,12+,13+,15+/m0/s1. The number of benzene rings is 1. The number of sulfonamides is 1. The van der Waals surface area contributed by atoms with Gasteiger partial charge in [0.15, 0.2) is 0 Å². The van der Waals surface area contributed by atoms with E-state index in [0.29, 0.717) is 6.42 Å². The van der Waals surface area contributed by atoms with Crippen LogP contribution in [0.4, 0.5) is 13.2 Å². The Bertz CT molecular complexity index is 797. The van der Waals surface area contributed by atoms with E-state index in [1.54, 1.807) is 0 Å². The second-order valence-electron chi connectivity index (χ2n) is 7.00. The lowest BCUT2D eigenvalue weighted by Crippen LogP contribution is -2.38. The first-order valence-corrected chi connectivity index (χ1v) is 9.58. The molecule has 0 unspecified atom stereocenters. The summed E-state index contributed by atoms with van der Waals surface area (Å²) in [5.41, 5.74) is -1.83. The average Bonchev–Trinajstić information content (AvgIpc) is 3.21. The molecule has 25 heavy (non-hydrogen) atoms. The fraction of sp³-hybridized carbons (Fsp3) is 0.625. The molecular weight excluding hydrogens is 359 g/mol. The molecular formula is C16H18F3NO4S. The molecule has 5 nitrogen and oxygen atoms in total. The zero-order valence-corrected chi connectivity index (χ0v) is 14.1. The second kappa shape index (κ2) is 5.42. The van der Waals surface area contributed by atoms with Gasteiger partial charge in [-0.25, -0.2) is 8.42 Å². The maximum Gasteiger partial charge on any atom is 0.417 e. The van der Waals surface area contributed by atoms with Crippen LogP contribution in [0, 0.1) is 11.8 Å². The Morgan fingerprint density at radius 2 is 2.04 bits per heavy atom. The van der Waals surface area contributed by atoms with Gasteiger partial charge >= 0.3 is 6.18 Å². The van der Waals surface area contributed by atoms with Crippen LogP contribution in [0.15, 0.2) is 29.2 Å². The molecule has 1 N–H and O–H groups in total. The lowest BCUT2D eigenvalue weighted by molar-refractivity contribution is -0.139. The number of fused-ring (bicyclic) bond motifs is 1. The number of halogens is 3. The lowest BCUT2D eigenvalue weighted by atomic mass is 9.74. The van der Waals surface area contributed by atoms with E-state index in [1.165, 1.54) is 12.1 Å². The molecule has 4 rings (SSSR count).